The summed E-state index contributed by atoms with van der Waals surface area (Å²) < 4.78 is 0. The van der Waals surface area contributed by atoms with Gasteiger partial charge in [0.15, 0.2) is 0 Å². The Bertz CT molecular complexity index is 278. The molecule has 0 unspecified atom stereocenters. The molecule has 0 saturated carbocycles. The number of rotatable bonds is 7. The first kappa shape index (κ1) is 12.2. The summed E-state index contributed by atoms with van der Waals surface area (Å²) in [4.78, 5) is 8.30. The molecule has 0 fully saturated rings. The van der Waals surface area contributed by atoms with Crippen molar-refractivity contribution in [1.29, 1.82) is 0 Å². The fourth-order valence-corrected chi connectivity index (χ4v) is 1.49. The Balaban J connectivity index is 2.24. The summed E-state index contributed by atoms with van der Waals surface area (Å²) in [6.07, 6.45) is 5.96. The van der Waals surface area contributed by atoms with Crippen LogP contribution >= 0.6 is 11.6 Å². The van der Waals surface area contributed by atoms with Crippen LogP contribution in [0.2, 0.25) is 0 Å². The molecule has 0 saturated heterocycles. The van der Waals surface area contributed by atoms with Gasteiger partial charge in [-0.15, -0.1) is 11.6 Å². The van der Waals surface area contributed by atoms with Crippen LogP contribution in [0.4, 0.5) is 5.82 Å². The first-order valence-corrected chi connectivity index (χ1v) is 6.01. The number of anilines is 1. The van der Waals surface area contributed by atoms with Gasteiger partial charge in [0.1, 0.15) is 12.1 Å². The van der Waals surface area contributed by atoms with E-state index in [1.165, 1.54) is 6.42 Å². The molecule has 4 heteroatoms. The summed E-state index contributed by atoms with van der Waals surface area (Å²) in [5.41, 5.74) is 1.08. The molecule has 0 aromatic carbocycles. The number of alkyl halides is 1. The van der Waals surface area contributed by atoms with Crippen molar-refractivity contribution in [3.05, 3.63) is 18.1 Å². The molecule has 1 heterocycles. The van der Waals surface area contributed by atoms with Crippen molar-refractivity contribution in [2.24, 2.45) is 0 Å². The van der Waals surface area contributed by atoms with Crippen molar-refractivity contribution < 1.29 is 0 Å². The minimum absolute atomic E-state index is 0.757. The Morgan fingerprint density at radius 3 is 2.87 bits per heavy atom. The van der Waals surface area contributed by atoms with E-state index in [1.54, 1.807) is 6.33 Å². The highest BCUT2D eigenvalue weighted by Crippen LogP contribution is 2.05. The van der Waals surface area contributed by atoms with Crippen LogP contribution in [-0.4, -0.2) is 22.4 Å². The largest absolute Gasteiger partial charge is 0.370 e. The van der Waals surface area contributed by atoms with Gasteiger partial charge in [0, 0.05) is 24.2 Å². The van der Waals surface area contributed by atoms with Crippen LogP contribution in [0.3, 0.4) is 0 Å². The van der Waals surface area contributed by atoms with Crippen LogP contribution in [0.1, 0.15) is 31.9 Å². The van der Waals surface area contributed by atoms with E-state index in [9.17, 15) is 0 Å². The van der Waals surface area contributed by atoms with E-state index in [0.29, 0.717) is 0 Å². The van der Waals surface area contributed by atoms with Crippen LogP contribution in [-0.2, 0) is 6.42 Å². The Hall–Kier alpha value is -0.830. The topological polar surface area (TPSA) is 37.8 Å². The molecule has 1 aromatic rings. The third kappa shape index (κ3) is 4.98. The molecule has 0 aliphatic carbocycles. The van der Waals surface area contributed by atoms with E-state index < -0.39 is 0 Å². The SMILES string of the molecule is CCc1cc(NCCCCCCl)ncn1. The molecule has 3 nitrogen and oxygen atoms in total. The lowest BCUT2D eigenvalue weighted by Gasteiger charge is -2.05. The van der Waals surface area contributed by atoms with E-state index in [2.05, 4.69) is 22.2 Å². The first-order chi connectivity index (χ1) is 7.36. The number of aromatic nitrogens is 2. The number of hydrogen-bond donors (Lipinski definition) is 1. The van der Waals surface area contributed by atoms with Crippen molar-refractivity contribution in [1.82, 2.24) is 9.97 Å². The third-order valence-electron chi connectivity index (χ3n) is 2.20. The summed E-state index contributed by atoms with van der Waals surface area (Å²) in [5.74, 6) is 1.68. The summed E-state index contributed by atoms with van der Waals surface area (Å²) in [7, 11) is 0. The Labute approximate surface area is 96.3 Å². The minimum Gasteiger partial charge on any atom is -0.370 e. The summed E-state index contributed by atoms with van der Waals surface area (Å²) >= 11 is 5.60. The number of nitrogens with zero attached hydrogens (tertiary/aromatic N) is 2. The quantitative estimate of drug-likeness (QED) is 0.575. The number of aryl methyl sites for hydroxylation is 1. The van der Waals surface area contributed by atoms with Crippen molar-refractivity contribution in [2.75, 3.05) is 17.7 Å². The van der Waals surface area contributed by atoms with Crippen LogP contribution in [0.5, 0.6) is 0 Å². The van der Waals surface area contributed by atoms with Gasteiger partial charge >= 0.3 is 0 Å². The van der Waals surface area contributed by atoms with Crippen LogP contribution in [0, 0.1) is 0 Å². The zero-order chi connectivity index (χ0) is 10.9. The van der Waals surface area contributed by atoms with Crippen molar-refractivity contribution in [3.63, 3.8) is 0 Å². The maximum absolute atomic E-state index is 5.60. The average molecular weight is 228 g/mol. The normalized spacial score (nSPS) is 10.3. The smallest absolute Gasteiger partial charge is 0.129 e. The zero-order valence-electron chi connectivity index (χ0n) is 9.17. The predicted octanol–water partition coefficient (Wildman–Crippen LogP) is 2.86. The van der Waals surface area contributed by atoms with Gasteiger partial charge in [-0.25, -0.2) is 9.97 Å². The van der Waals surface area contributed by atoms with Gasteiger partial charge < -0.3 is 5.32 Å². The van der Waals surface area contributed by atoms with Crippen LogP contribution in [0.25, 0.3) is 0 Å². The lowest BCUT2D eigenvalue weighted by molar-refractivity contribution is 0.745. The van der Waals surface area contributed by atoms with Gasteiger partial charge in [0.2, 0.25) is 0 Å². The Morgan fingerprint density at radius 1 is 1.27 bits per heavy atom. The molecule has 1 aromatic heterocycles. The summed E-state index contributed by atoms with van der Waals surface area (Å²) in [5, 5.41) is 3.28. The second-order valence-electron chi connectivity index (χ2n) is 3.42. The maximum atomic E-state index is 5.60. The molecular weight excluding hydrogens is 210 g/mol. The van der Waals surface area contributed by atoms with E-state index in [-0.39, 0.29) is 0 Å². The average Bonchev–Trinajstić information content (AvgIpc) is 2.29. The van der Waals surface area contributed by atoms with Gasteiger partial charge in [0.25, 0.3) is 0 Å². The highest BCUT2D eigenvalue weighted by molar-refractivity contribution is 6.17. The Kier molecular flexibility index (Phi) is 6.09. The van der Waals surface area contributed by atoms with Crippen molar-refractivity contribution in [3.8, 4) is 0 Å². The lowest BCUT2D eigenvalue weighted by atomic mass is 10.2. The Morgan fingerprint density at radius 2 is 2.13 bits per heavy atom. The molecule has 0 aliphatic heterocycles. The predicted molar refractivity (Wildman–Crippen MR) is 64.5 cm³/mol. The third-order valence-corrected chi connectivity index (χ3v) is 2.47. The number of hydrogen-bond acceptors (Lipinski definition) is 3. The van der Waals surface area contributed by atoms with Gasteiger partial charge in [0.05, 0.1) is 0 Å². The molecular formula is C11H18ClN3. The second kappa shape index (κ2) is 7.46. The molecule has 1 N–H and O–H groups in total. The molecule has 0 radical (unpaired) electrons. The zero-order valence-corrected chi connectivity index (χ0v) is 9.93. The fourth-order valence-electron chi connectivity index (χ4n) is 1.30. The van der Waals surface area contributed by atoms with Crippen LogP contribution in [0.15, 0.2) is 12.4 Å². The van der Waals surface area contributed by atoms with Gasteiger partial charge in [-0.2, -0.15) is 0 Å². The minimum atomic E-state index is 0.757. The fraction of sp³-hybridized carbons (Fsp3) is 0.636. The highest BCUT2D eigenvalue weighted by Gasteiger charge is 1.95. The van der Waals surface area contributed by atoms with E-state index in [1.807, 2.05) is 6.07 Å². The number of halogens is 1. The summed E-state index contributed by atoms with van der Waals surface area (Å²) in [6, 6.07) is 2.00. The second-order valence-corrected chi connectivity index (χ2v) is 3.80. The van der Waals surface area contributed by atoms with E-state index in [4.69, 9.17) is 11.6 Å². The highest BCUT2D eigenvalue weighted by atomic mass is 35.5. The monoisotopic (exact) mass is 227 g/mol. The molecule has 0 bridgehead atoms. The number of nitrogens with one attached hydrogen (secondary N) is 1. The molecule has 0 atom stereocenters. The van der Waals surface area contributed by atoms with Crippen molar-refractivity contribution in [2.45, 2.75) is 32.6 Å². The van der Waals surface area contributed by atoms with Crippen LogP contribution < -0.4 is 5.32 Å². The first-order valence-electron chi connectivity index (χ1n) is 5.47. The van der Waals surface area contributed by atoms with E-state index >= 15 is 0 Å². The van der Waals surface area contributed by atoms with Crippen molar-refractivity contribution >= 4 is 17.4 Å². The van der Waals surface area contributed by atoms with Gasteiger partial charge in [-0.3, -0.25) is 0 Å². The molecule has 0 spiro atoms. The standard InChI is InChI=1S/C11H18ClN3/c1-2-10-8-11(15-9-14-10)13-7-5-3-4-6-12/h8-9H,2-7H2,1H3,(H,13,14,15). The lowest BCUT2D eigenvalue weighted by Crippen LogP contribution is -2.04. The molecule has 0 aliphatic rings. The van der Waals surface area contributed by atoms with Gasteiger partial charge in [-0.05, 0) is 19.3 Å². The molecule has 15 heavy (non-hydrogen) atoms. The molecule has 1 rings (SSSR count). The van der Waals surface area contributed by atoms with E-state index in [0.717, 1.165) is 43.2 Å². The molecule has 84 valence electrons. The maximum Gasteiger partial charge on any atom is 0.129 e. The summed E-state index contributed by atoms with van der Waals surface area (Å²) in [6.45, 7) is 3.05. The number of unbranched alkanes of at least 4 members (excludes halogenated alkanes) is 2. The molecule has 0 amide bonds. The van der Waals surface area contributed by atoms with Gasteiger partial charge in [-0.1, -0.05) is 13.3 Å².